The summed E-state index contributed by atoms with van der Waals surface area (Å²) in [6.45, 7) is 1.14. The Kier molecular flexibility index (Phi) is 7.06. The summed E-state index contributed by atoms with van der Waals surface area (Å²) in [5.74, 6) is -2.01. The normalized spacial score (nSPS) is 20.3. The standard InChI is InChI=1S/C12H22N2O6S/c15-11(16)4-2-6-21(19,20)14-5-1-3-10(9-14)7-13-8-12(17)18/h10,13H,1-9H2,(H,15,16)(H,17,18). The van der Waals surface area contributed by atoms with Crippen LogP contribution >= 0.6 is 0 Å². The van der Waals surface area contributed by atoms with Gasteiger partial charge in [0.2, 0.25) is 10.0 Å². The molecule has 1 rings (SSSR count). The zero-order valence-electron chi connectivity index (χ0n) is 11.8. The average molecular weight is 322 g/mol. The molecular weight excluding hydrogens is 300 g/mol. The summed E-state index contributed by atoms with van der Waals surface area (Å²) in [6, 6.07) is 0. The number of aliphatic carboxylic acids is 2. The molecule has 122 valence electrons. The molecule has 1 aliphatic rings. The van der Waals surface area contributed by atoms with Gasteiger partial charge in [0.25, 0.3) is 0 Å². The number of carboxylic acid groups (broad SMARTS) is 2. The van der Waals surface area contributed by atoms with Crippen molar-refractivity contribution in [3.63, 3.8) is 0 Å². The van der Waals surface area contributed by atoms with E-state index in [1.54, 1.807) is 0 Å². The van der Waals surface area contributed by atoms with Gasteiger partial charge in [-0.25, -0.2) is 12.7 Å². The molecule has 0 amide bonds. The highest BCUT2D eigenvalue weighted by molar-refractivity contribution is 7.89. The van der Waals surface area contributed by atoms with Crippen LogP contribution in [0.2, 0.25) is 0 Å². The second-order valence-electron chi connectivity index (χ2n) is 5.20. The Labute approximate surface area is 124 Å². The van der Waals surface area contributed by atoms with Gasteiger partial charge in [-0.1, -0.05) is 0 Å². The maximum atomic E-state index is 12.1. The van der Waals surface area contributed by atoms with Crippen molar-refractivity contribution < 1.29 is 28.2 Å². The number of nitrogens with one attached hydrogen (secondary N) is 1. The van der Waals surface area contributed by atoms with Gasteiger partial charge in [0.05, 0.1) is 12.3 Å². The number of piperidine rings is 1. The van der Waals surface area contributed by atoms with Crippen LogP contribution in [-0.4, -0.2) is 66.8 Å². The molecule has 3 N–H and O–H groups in total. The summed E-state index contributed by atoms with van der Waals surface area (Å²) < 4.78 is 25.6. The van der Waals surface area contributed by atoms with E-state index in [2.05, 4.69) is 5.32 Å². The van der Waals surface area contributed by atoms with E-state index < -0.39 is 22.0 Å². The molecule has 0 bridgehead atoms. The number of carboxylic acids is 2. The first-order valence-corrected chi connectivity index (χ1v) is 8.54. The molecule has 0 radical (unpaired) electrons. The third-order valence-electron chi connectivity index (χ3n) is 3.38. The zero-order chi connectivity index (χ0) is 15.9. The lowest BCUT2D eigenvalue weighted by Gasteiger charge is -2.32. The number of rotatable bonds is 9. The summed E-state index contributed by atoms with van der Waals surface area (Å²) >= 11 is 0. The van der Waals surface area contributed by atoms with Crippen molar-refractivity contribution in [2.24, 2.45) is 5.92 Å². The predicted octanol–water partition coefficient (Wildman–Crippen LogP) is -0.433. The minimum Gasteiger partial charge on any atom is -0.481 e. The Bertz CT molecular complexity index is 464. The molecule has 9 heteroatoms. The van der Waals surface area contributed by atoms with E-state index in [0.29, 0.717) is 19.6 Å². The van der Waals surface area contributed by atoms with Gasteiger partial charge in [-0.2, -0.15) is 0 Å². The lowest BCUT2D eigenvalue weighted by molar-refractivity contribution is -0.137. The fourth-order valence-electron chi connectivity index (χ4n) is 2.36. The third kappa shape index (κ3) is 6.87. The Hall–Kier alpha value is -1.19. The maximum absolute atomic E-state index is 12.1. The molecule has 0 aromatic heterocycles. The summed E-state index contributed by atoms with van der Waals surface area (Å²) in [6.07, 6.45) is 1.54. The van der Waals surface area contributed by atoms with E-state index in [4.69, 9.17) is 10.2 Å². The van der Waals surface area contributed by atoms with Crippen LogP contribution in [0, 0.1) is 5.92 Å². The third-order valence-corrected chi connectivity index (χ3v) is 5.30. The van der Waals surface area contributed by atoms with Crippen LogP contribution in [0.1, 0.15) is 25.7 Å². The molecule has 1 fully saturated rings. The predicted molar refractivity (Wildman–Crippen MR) is 75.5 cm³/mol. The number of hydrogen-bond acceptors (Lipinski definition) is 5. The lowest BCUT2D eigenvalue weighted by atomic mass is 10.00. The Morgan fingerprint density at radius 1 is 1.24 bits per heavy atom. The van der Waals surface area contributed by atoms with Crippen molar-refractivity contribution in [3.8, 4) is 0 Å². The second kappa shape index (κ2) is 8.30. The van der Waals surface area contributed by atoms with Crippen molar-refractivity contribution in [2.45, 2.75) is 25.7 Å². The van der Waals surface area contributed by atoms with Crippen LogP contribution in [0.15, 0.2) is 0 Å². The van der Waals surface area contributed by atoms with Crippen LogP contribution < -0.4 is 5.32 Å². The van der Waals surface area contributed by atoms with E-state index in [0.717, 1.165) is 12.8 Å². The second-order valence-corrected chi connectivity index (χ2v) is 7.29. The summed E-state index contributed by atoms with van der Waals surface area (Å²) in [4.78, 5) is 20.8. The van der Waals surface area contributed by atoms with Crippen LogP contribution in [0.3, 0.4) is 0 Å². The molecule has 1 aliphatic heterocycles. The van der Waals surface area contributed by atoms with Crippen LogP contribution in [0.4, 0.5) is 0 Å². The quantitative estimate of drug-likeness (QED) is 0.526. The van der Waals surface area contributed by atoms with E-state index >= 15 is 0 Å². The number of carbonyl (C=O) groups is 2. The minimum absolute atomic E-state index is 0.0901. The van der Waals surface area contributed by atoms with E-state index in [-0.39, 0.29) is 31.1 Å². The largest absolute Gasteiger partial charge is 0.481 e. The molecule has 1 unspecified atom stereocenters. The van der Waals surface area contributed by atoms with E-state index in [1.807, 2.05) is 0 Å². The van der Waals surface area contributed by atoms with Gasteiger partial charge < -0.3 is 15.5 Å². The van der Waals surface area contributed by atoms with Crippen LogP contribution in [0.25, 0.3) is 0 Å². The van der Waals surface area contributed by atoms with Crippen LogP contribution in [-0.2, 0) is 19.6 Å². The smallest absolute Gasteiger partial charge is 0.317 e. The highest BCUT2D eigenvalue weighted by Crippen LogP contribution is 2.19. The maximum Gasteiger partial charge on any atom is 0.317 e. The molecule has 1 heterocycles. The Morgan fingerprint density at radius 3 is 2.57 bits per heavy atom. The van der Waals surface area contributed by atoms with Gasteiger partial charge in [-0.3, -0.25) is 9.59 Å². The molecule has 0 saturated carbocycles. The number of nitrogens with zero attached hydrogens (tertiary/aromatic N) is 1. The molecular formula is C12H22N2O6S. The van der Waals surface area contributed by atoms with Gasteiger partial charge >= 0.3 is 11.9 Å². The van der Waals surface area contributed by atoms with Crippen molar-refractivity contribution in [1.82, 2.24) is 9.62 Å². The van der Waals surface area contributed by atoms with E-state index in [1.165, 1.54) is 4.31 Å². The average Bonchev–Trinajstić information content (AvgIpc) is 2.38. The lowest BCUT2D eigenvalue weighted by Crippen LogP contribution is -2.44. The van der Waals surface area contributed by atoms with Gasteiger partial charge in [-0.15, -0.1) is 0 Å². The van der Waals surface area contributed by atoms with Gasteiger partial charge in [0.15, 0.2) is 0 Å². The molecule has 1 saturated heterocycles. The van der Waals surface area contributed by atoms with E-state index in [9.17, 15) is 18.0 Å². The molecule has 1 atom stereocenters. The van der Waals surface area contributed by atoms with Crippen molar-refractivity contribution in [1.29, 1.82) is 0 Å². The Balaban J connectivity index is 2.43. The first-order valence-electron chi connectivity index (χ1n) is 6.93. The number of hydrogen-bond donors (Lipinski definition) is 3. The molecule has 0 aliphatic carbocycles. The van der Waals surface area contributed by atoms with Gasteiger partial charge in [-0.05, 0) is 31.7 Å². The first-order chi connectivity index (χ1) is 9.81. The summed E-state index contributed by atoms with van der Waals surface area (Å²) in [5, 5.41) is 19.9. The minimum atomic E-state index is -3.43. The van der Waals surface area contributed by atoms with Crippen LogP contribution in [0.5, 0.6) is 0 Å². The highest BCUT2D eigenvalue weighted by atomic mass is 32.2. The molecule has 21 heavy (non-hydrogen) atoms. The molecule has 8 nitrogen and oxygen atoms in total. The molecule has 0 aromatic rings. The van der Waals surface area contributed by atoms with Gasteiger partial charge in [0.1, 0.15) is 0 Å². The number of sulfonamides is 1. The fraction of sp³-hybridized carbons (Fsp3) is 0.833. The topological polar surface area (TPSA) is 124 Å². The monoisotopic (exact) mass is 322 g/mol. The van der Waals surface area contributed by atoms with Crippen molar-refractivity contribution in [2.75, 3.05) is 31.9 Å². The highest BCUT2D eigenvalue weighted by Gasteiger charge is 2.28. The van der Waals surface area contributed by atoms with Crippen molar-refractivity contribution in [3.05, 3.63) is 0 Å². The fourth-order valence-corrected chi connectivity index (χ4v) is 3.98. The zero-order valence-corrected chi connectivity index (χ0v) is 12.6. The molecule has 0 spiro atoms. The molecule has 0 aromatic carbocycles. The summed E-state index contributed by atoms with van der Waals surface area (Å²) in [5.41, 5.74) is 0. The first kappa shape index (κ1) is 17.9. The van der Waals surface area contributed by atoms with Gasteiger partial charge in [0, 0.05) is 19.5 Å². The Morgan fingerprint density at radius 2 is 1.95 bits per heavy atom. The summed E-state index contributed by atoms with van der Waals surface area (Å²) in [7, 11) is -3.43. The van der Waals surface area contributed by atoms with Crippen molar-refractivity contribution >= 4 is 22.0 Å². The SMILES string of the molecule is O=C(O)CCCS(=O)(=O)N1CCCC(CNCC(=O)O)C1.